The number of piperazine rings is 1. The van der Waals surface area contributed by atoms with Crippen molar-refractivity contribution in [3.05, 3.63) is 63.6 Å². The first-order chi connectivity index (χ1) is 16.0. The van der Waals surface area contributed by atoms with Gasteiger partial charge >= 0.3 is 0 Å². The number of rotatable bonds is 6. The van der Waals surface area contributed by atoms with E-state index in [9.17, 15) is 9.18 Å². The highest BCUT2D eigenvalue weighted by molar-refractivity contribution is 7.14. The third kappa shape index (κ3) is 4.50. The maximum Gasteiger partial charge on any atom is 0.258 e. The molecule has 0 aliphatic carbocycles. The smallest absolute Gasteiger partial charge is 0.258 e. The van der Waals surface area contributed by atoms with Crippen molar-refractivity contribution in [1.29, 1.82) is 0 Å². The van der Waals surface area contributed by atoms with E-state index in [4.69, 9.17) is 10.5 Å². The minimum Gasteiger partial charge on any atom is -0.373 e. The topological polar surface area (TPSA) is 58.8 Å². The van der Waals surface area contributed by atoms with Gasteiger partial charge in [0.05, 0.1) is 17.6 Å². The summed E-state index contributed by atoms with van der Waals surface area (Å²) in [7, 11) is 0. The number of fused-ring (bicyclic) bond motifs is 2. The largest absolute Gasteiger partial charge is 0.373 e. The van der Waals surface area contributed by atoms with Crippen LogP contribution in [0.4, 0.5) is 10.1 Å². The number of amides is 1. The first-order valence-electron chi connectivity index (χ1n) is 11.7. The number of carbonyl (C=O) groups is 1. The molecule has 2 atom stereocenters. The number of halogens is 1. The van der Waals surface area contributed by atoms with Crippen LogP contribution >= 0.6 is 11.3 Å². The van der Waals surface area contributed by atoms with Gasteiger partial charge in [0, 0.05) is 54.6 Å². The molecule has 5 nitrogen and oxygen atoms in total. The molecule has 1 saturated heterocycles. The Bertz CT molecular complexity index is 1160. The van der Waals surface area contributed by atoms with Crippen LogP contribution in [0.1, 0.15) is 46.0 Å². The lowest BCUT2D eigenvalue weighted by Gasteiger charge is -2.43. The van der Waals surface area contributed by atoms with Crippen LogP contribution in [0.5, 0.6) is 0 Å². The van der Waals surface area contributed by atoms with Crippen LogP contribution in [0.2, 0.25) is 0 Å². The summed E-state index contributed by atoms with van der Waals surface area (Å²) < 4.78 is 19.8. The van der Waals surface area contributed by atoms with E-state index in [2.05, 4.69) is 22.8 Å². The van der Waals surface area contributed by atoms with Gasteiger partial charge in [-0.2, -0.15) is 0 Å². The van der Waals surface area contributed by atoms with Gasteiger partial charge in [0.1, 0.15) is 5.82 Å². The number of anilines is 1. The van der Waals surface area contributed by atoms with Gasteiger partial charge in [-0.25, -0.2) is 4.39 Å². The highest BCUT2D eigenvalue weighted by Crippen LogP contribution is 2.36. The van der Waals surface area contributed by atoms with Crippen LogP contribution in [0.3, 0.4) is 0 Å². The summed E-state index contributed by atoms with van der Waals surface area (Å²) >= 11 is 1.52. The van der Waals surface area contributed by atoms with Gasteiger partial charge in [0.15, 0.2) is 0 Å². The maximum atomic E-state index is 13.7. The fourth-order valence-electron chi connectivity index (χ4n) is 5.24. The van der Waals surface area contributed by atoms with E-state index in [1.807, 2.05) is 24.3 Å². The highest BCUT2D eigenvalue weighted by atomic mass is 32.1. The first kappa shape index (κ1) is 22.3. The lowest BCUT2D eigenvalue weighted by Crippen LogP contribution is -2.53. The Labute approximate surface area is 197 Å². The van der Waals surface area contributed by atoms with E-state index in [1.165, 1.54) is 21.9 Å². The maximum absolute atomic E-state index is 13.7. The molecular formula is C26H30FN3O2S. The van der Waals surface area contributed by atoms with Gasteiger partial charge in [-0.3, -0.25) is 9.69 Å². The molecule has 3 aromatic rings. The van der Waals surface area contributed by atoms with Crippen LogP contribution in [-0.2, 0) is 11.2 Å². The lowest BCUT2D eigenvalue weighted by atomic mass is 10.0. The zero-order valence-corrected chi connectivity index (χ0v) is 19.7. The van der Waals surface area contributed by atoms with Crippen LogP contribution in [-0.4, -0.2) is 49.6 Å². The monoisotopic (exact) mass is 467 g/mol. The summed E-state index contributed by atoms with van der Waals surface area (Å²) in [6.45, 7) is 6.77. The molecule has 0 radical (unpaired) electrons. The van der Waals surface area contributed by atoms with E-state index in [1.54, 1.807) is 12.1 Å². The zero-order chi connectivity index (χ0) is 22.9. The van der Waals surface area contributed by atoms with Crippen molar-refractivity contribution in [1.82, 2.24) is 4.90 Å². The summed E-state index contributed by atoms with van der Waals surface area (Å²) in [5, 5.41) is 2.05. The molecule has 7 heteroatoms. The Hall–Kier alpha value is -2.48. The van der Waals surface area contributed by atoms with E-state index in [-0.39, 0.29) is 17.8 Å². The number of nitrogens with zero attached hydrogens (tertiary/aromatic N) is 2. The van der Waals surface area contributed by atoms with Crippen LogP contribution < -0.4 is 10.6 Å². The van der Waals surface area contributed by atoms with E-state index in [0.29, 0.717) is 17.5 Å². The summed E-state index contributed by atoms with van der Waals surface area (Å²) in [4.78, 5) is 18.5. The number of benzene rings is 2. The minimum atomic E-state index is -0.355. The number of ether oxygens (including phenoxy) is 1. The zero-order valence-electron chi connectivity index (χ0n) is 18.9. The van der Waals surface area contributed by atoms with Gasteiger partial charge in [0.25, 0.3) is 5.91 Å². The number of thiophene rings is 1. The van der Waals surface area contributed by atoms with Crippen LogP contribution in [0, 0.1) is 5.82 Å². The van der Waals surface area contributed by atoms with Crippen LogP contribution in [0.15, 0.2) is 42.5 Å². The summed E-state index contributed by atoms with van der Waals surface area (Å²) in [6.07, 6.45) is 2.86. The summed E-state index contributed by atoms with van der Waals surface area (Å²) in [5.41, 5.74) is 7.83. The highest BCUT2D eigenvalue weighted by Gasteiger charge is 2.29. The molecule has 2 N–H and O–H groups in total. The molecule has 174 valence electrons. The fourth-order valence-corrected chi connectivity index (χ4v) is 6.29. The molecular weight excluding hydrogens is 437 g/mol. The molecule has 5 rings (SSSR count). The van der Waals surface area contributed by atoms with Gasteiger partial charge in [-0.05, 0) is 54.1 Å². The molecule has 0 spiro atoms. The lowest BCUT2D eigenvalue weighted by molar-refractivity contribution is 0.0255. The number of hydrogen-bond donors (Lipinski definition) is 1. The number of primary amides is 1. The van der Waals surface area contributed by atoms with Crippen LogP contribution in [0.25, 0.3) is 10.8 Å². The van der Waals surface area contributed by atoms with Gasteiger partial charge in [-0.1, -0.05) is 19.1 Å². The van der Waals surface area contributed by atoms with E-state index < -0.39 is 0 Å². The number of hydrogen-bond acceptors (Lipinski definition) is 5. The quantitative estimate of drug-likeness (QED) is 0.569. The Morgan fingerprint density at radius 1 is 1.24 bits per heavy atom. The standard InChI is InChI=1S/C26H30FN3O2S/c1-2-19-16-30(22-5-3-4-17-14-18(27)6-7-20(17)22)12-11-29(19)10-8-23-21-15-25(26(28)31)33-24(21)9-13-32-23/h3-7,14-15,19,23H,2,8-13,16H2,1H3,(H2,28,31)/t19-,23?/m1/s1. The number of carbonyl (C=O) groups excluding carboxylic acids is 1. The predicted molar refractivity (Wildman–Crippen MR) is 132 cm³/mol. The third-order valence-electron chi connectivity index (χ3n) is 6.99. The molecule has 0 saturated carbocycles. The Morgan fingerprint density at radius 2 is 2.12 bits per heavy atom. The SMILES string of the molecule is CC[C@@H]1CN(c2cccc3cc(F)ccc23)CCN1CCC1OCCc2sc(C(N)=O)cc21. The number of nitrogens with two attached hydrogens (primary N) is 1. The average molecular weight is 468 g/mol. The summed E-state index contributed by atoms with van der Waals surface area (Å²) in [6, 6.07) is 13.6. The molecule has 2 aliphatic heterocycles. The van der Waals surface area contributed by atoms with Gasteiger partial charge < -0.3 is 15.4 Å². The predicted octanol–water partition coefficient (Wildman–Crippen LogP) is 4.74. The molecule has 2 aliphatic rings. The van der Waals surface area contributed by atoms with Crippen molar-refractivity contribution in [2.45, 2.75) is 38.3 Å². The average Bonchev–Trinajstić information content (AvgIpc) is 3.27. The molecule has 1 amide bonds. The second-order valence-corrected chi connectivity index (χ2v) is 10.1. The van der Waals surface area contributed by atoms with Crippen molar-refractivity contribution in [3.63, 3.8) is 0 Å². The molecule has 1 unspecified atom stereocenters. The first-order valence-corrected chi connectivity index (χ1v) is 12.6. The second-order valence-electron chi connectivity index (χ2n) is 8.94. The van der Waals surface area contributed by atoms with Crippen molar-refractivity contribution in [2.75, 3.05) is 37.7 Å². The van der Waals surface area contributed by atoms with Gasteiger partial charge in [-0.15, -0.1) is 11.3 Å². The molecule has 3 heterocycles. The molecule has 2 aromatic carbocycles. The Morgan fingerprint density at radius 3 is 2.94 bits per heavy atom. The Kier molecular flexibility index (Phi) is 6.36. The molecule has 0 bridgehead atoms. The van der Waals surface area contributed by atoms with E-state index in [0.717, 1.165) is 61.8 Å². The fraction of sp³-hybridized carbons (Fsp3) is 0.423. The normalized spacial score (nSPS) is 21.3. The third-order valence-corrected chi connectivity index (χ3v) is 8.22. The molecule has 33 heavy (non-hydrogen) atoms. The Balaban J connectivity index is 1.27. The summed E-state index contributed by atoms with van der Waals surface area (Å²) in [5.74, 6) is -0.552. The minimum absolute atomic E-state index is 0.0293. The molecule has 1 fully saturated rings. The second kappa shape index (κ2) is 9.41. The van der Waals surface area contributed by atoms with Crippen molar-refractivity contribution in [2.24, 2.45) is 5.73 Å². The van der Waals surface area contributed by atoms with Crippen molar-refractivity contribution >= 4 is 33.7 Å². The van der Waals surface area contributed by atoms with Gasteiger partial charge in [0.2, 0.25) is 0 Å². The van der Waals surface area contributed by atoms with E-state index >= 15 is 0 Å². The van der Waals surface area contributed by atoms with Crippen molar-refractivity contribution in [3.8, 4) is 0 Å². The van der Waals surface area contributed by atoms with Crippen molar-refractivity contribution < 1.29 is 13.9 Å². The molecule has 1 aromatic heterocycles.